The Labute approximate surface area is 220 Å². The van der Waals surface area contributed by atoms with E-state index in [4.69, 9.17) is 14.6 Å². The molecule has 0 amide bonds. The number of hydrogen-bond donors (Lipinski definition) is 4. The van der Waals surface area contributed by atoms with E-state index in [0.717, 1.165) is 46.6 Å². The van der Waals surface area contributed by atoms with Gasteiger partial charge in [0.15, 0.2) is 0 Å². The van der Waals surface area contributed by atoms with Crippen LogP contribution in [0.1, 0.15) is 29.9 Å². The van der Waals surface area contributed by atoms with Gasteiger partial charge in [-0.15, -0.1) is 0 Å². The zero-order valence-electron chi connectivity index (χ0n) is 20.4. The van der Waals surface area contributed by atoms with Gasteiger partial charge in [0.25, 0.3) is 0 Å². The van der Waals surface area contributed by atoms with Crippen LogP contribution in [0.25, 0.3) is 10.9 Å². The summed E-state index contributed by atoms with van der Waals surface area (Å²) in [5.41, 5.74) is 2.48. The Morgan fingerprint density at radius 2 is 1.77 bits per heavy atom. The van der Waals surface area contributed by atoms with Crippen LogP contribution < -0.4 is 10.1 Å². The number of ether oxygens (including phenoxy) is 1. The van der Waals surface area contributed by atoms with Gasteiger partial charge in [-0.05, 0) is 53.9 Å². The molecule has 0 aliphatic carbocycles. The highest BCUT2D eigenvalue weighted by molar-refractivity contribution is 5.86. The molecule has 0 fully saturated rings. The number of H-pyrrole nitrogens is 1. The number of aliphatic carboxylic acids is 2. The highest BCUT2D eigenvalue weighted by Crippen LogP contribution is 2.34. The Balaban J connectivity index is 0.000000532. The number of fused-ring (bicyclic) bond motifs is 1. The summed E-state index contributed by atoms with van der Waals surface area (Å²) in [7, 11) is 0. The molecule has 39 heavy (non-hydrogen) atoms. The van der Waals surface area contributed by atoms with E-state index in [1.165, 1.54) is 12.1 Å². The van der Waals surface area contributed by atoms with Crippen LogP contribution in [0.15, 0.2) is 73.1 Å². The van der Waals surface area contributed by atoms with Crippen LogP contribution in [0.3, 0.4) is 0 Å². The predicted octanol–water partition coefficient (Wildman–Crippen LogP) is 5.82. The normalized spacial score (nSPS) is 11.8. The lowest BCUT2D eigenvalue weighted by Crippen LogP contribution is -2.21. The second-order valence-corrected chi connectivity index (χ2v) is 8.30. The fourth-order valence-electron chi connectivity index (χ4n) is 3.73. The molecule has 1 atom stereocenters. The van der Waals surface area contributed by atoms with E-state index in [-0.39, 0.29) is 18.2 Å². The van der Waals surface area contributed by atoms with E-state index in [1.807, 2.05) is 42.6 Å². The Hall–Kier alpha value is -4.61. The number of aromatic nitrogens is 2. The fourth-order valence-corrected chi connectivity index (χ4v) is 3.73. The molecule has 4 N–H and O–H groups in total. The van der Waals surface area contributed by atoms with Crippen molar-refractivity contribution in [3.05, 3.63) is 90.0 Å². The topological polar surface area (TPSA) is 125 Å². The van der Waals surface area contributed by atoms with Crippen LogP contribution in [0, 0.1) is 5.82 Å². The number of anilines is 1. The van der Waals surface area contributed by atoms with Crippen molar-refractivity contribution >= 4 is 28.7 Å². The molecule has 0 saturated carbocycles. The number of halogens is 4. The van der Waals surface area contributed by atoms with Crippen molar-refractivity contribution in [1.29, 1.82) is 0 Å². The molecule has 2 aromatic carbocycles. The summed E-state index contributed by atoms with van der Waals surface area (Å²) < 4.78 is 50.9. The van der Waals surface area contributed by atoms with Crippen LogP contribution in [0.2, 0.25) is 0 Å². The van der Waals surface area contributed by atoms with E-state index in [0.29, 0.717) is 6.61 Å². The summed E-state index contributed by atoms with van der Waals surface area (Å²) >= 11 is 0. The van der Waals surface area contributed by atoms with E-state index >= 15 is 0 Å². The van der Waals surface area contributed by atoms with Gasteiger partial charge in [-0.1, -0.05) is 18.2 Å². The lowest BCUT2D eigenvalue weighted by Gasteiger charge is -2.15. The van der Waals surface area contributed by atoms with Gasteiger partial charge < -0.3 is 25.3 Å². The first-order chi connectivity index (χ1) is 18.5. The first-order valence-electron chi connectivity index (χ1n) is 11.7. The average molecular weight is 548 g/mol. The number of rotatable bonds is 10. The molecule has 4 aromatic rings. The number of carboxylic acid groups (broad SMARTS) is 2. The molecule has 0 aliphatic rings. The van der Waals surface area contributed by atoms with Crippen molar-refractivity contribution < 1.29 is 42.1 Å². The van der Waals surface area contributed by atoms with Crippen LogP contribution in [0.4, 0.5) is 23.4 Å². The van der Waals surface area contributed by atoms with Crippen molar-refractivity contribution in [2.75, 3.05) is 18.5 Å². The highest BCUT2D eigenvalue weighted by Gasteiger charge is 2.38. The second kappa shape index (κ2) is 13.3. The molecule has 0 bridgehead atoms. The molecule has 12 heteroatoms. The summed E-state index contributed by atoms with van der Waals surface area (Å²) in [6.45, 7) is 1.30. The summed E-state index contributed by atoms with van der Waals surface area (Å²) in [6, 6.07) is 17.4. The van der Waals surface area contributed by atoms with E-state index in [1.54, 1.807) is 18.3 Å². The third kappa shape index (κ3) is 8.73. The molecule has 0 aliphatic heterocycles. The zero-order valence-corrected chi connectivity index (χ0v) is 20.4. The van der Waals surface area contributed by atoms with Crippen molar-refractivity contribution in [3.8, 4) is 5.75 Å². The van der Waals surface area contributed by atoms with Gasteiger partial charge >= 0.3 is 18.1 Å². The summed E-state index contributed by atoms with van der Waals surface area (Å²) in [4.78, 5) is 27.8. The van der Waals surface area contributed by atoms with E-state index in [2.05, 4.69) is 15.3 Å². The fraction of sp³-hybridized carbons (Fsp3) is 0.222. The van der Waals surface area contributed by atoms with Gasteiger partial charge in [-0.2, -0.15) is 13.2 Å². The molecular weight excluding hydrogens is 522 g/mol. The Bertz CT molecular complexity index is 1380. The van der Waals surface area contributed by atoms with Crippen molar-refractivity contribution in [1.82, 2.24) is 9.97 Å². The van der Waals surface area contributed by atoms with Gasteiger partial charge in [0.05, 0.1) is 13.0 Å². The number of aromatic amines is 1. The number of carboxylic acids is 2. The van der Waals surface area contributed by atoms with Gasteiger partial charge in [0.1, 0.15) is 17.4 Å². The zero-order chi connectivity index (χ0) is 28.4. The lowest BCUT2D eigenvalue weighted by molar-refractivity contribution is -0.192. The third-order valence-corrected chi connectivity index (χ3v) is 5.52. The molecule has 0 saturated heterocycles. The van der Waals surface area contributed by atoms with E-state index < -0.39 is 18.1 Å². The van der Waals surface area contributed by atoms with Crippen molar-refractivity contribution in [2.45, 2.75) is 24.9 Å². The monoisotopic (exact) mass is 547 g/mol. The number of benzene rings is 2. The number of alkyl halides is 3. The molecule has 206 valence electrons. The summed E-state index contributed by atoms with van der Waals surface area (Å²) in [5.74, 6) is -2.82. The summed E-state index contributed by atoms with van der Waals surface area (Å²) in [6.07, 6.45) is -0.784. The van der Waals surface area contributed by atoms with Crippen molar-refractivity contribution in [3.63, 3.8) is 0 Å². The maximum Gasteiger partial charge on any atom is 0.490 e. The first kappa shape index (κ1) is 29.0. The van der Waals surface area contributed by atoms with Crippen LogP contribution in [-0.4, -0.2) is 51.4 Å². The van der Waals surface area contributed by atoms with Gasteiger partial charge in [-0.3, -0.25) is 4.79 Å². The molecule has 2 aromatic heterocycles. The number of pyridine rings is 1. The molecule has 4 rings (SSSR count). The maximum atomic E-state index is 13.3. The second-order valence-electron chi connectivity index (χ2n) is 8.30. The van der Waals surface area contributed by atoms with E-state index in [9.17, 15) is 27.5 Å². The number of nitrogens with zero attached hydrogens (tertiary/aromatic N) is 1. The van der Waals surface area contributed by atoms with Crippen LogP contribution in [-0.2, 0) is 9.59 Å². The minimum absolute atomic E-state index is 0.0832. The summed E-state index contributed by atoms with van der Waals surface area (Å²) in [5, 5.41) is 20.7. The first-order valence-corrected chi connectivity index (χ1v) is 11.7. The minimum Gasteiger partial charge on any atom is -0.493 e. The van der Waals surface area contributed by atoms with Gasteiger partial charge in [0.2, 0.25) is 0 Å². The molecule has 2 heterocycles. The van der Waals surface area contributed by atoms with Gasteiger partial charge in [-0.25, -0.2) is 14.2 Å². The smallest absolute Gasteiger partial charge is 0.490 e. The molecule has 1 unspecified atom stereocenters. The average Bonchev–Trinajstić information content (AvgIpc) is 3.31. The Morgan fingerprint density at radius 1 is 1.05 bits per heavy atom. The van der Waals surface area contributed by atoms with Crippen molar-refractivity contribution in [2.24, 2.45) is 0 Å². The highest BCUT2D eigenvalue weighted by atomic mass is 19.4. The van der Waals surface area contributed by atoms with Gasteiger partial charge in [0, 0.05) is 41.8 Å². The van der Waals surface area contributed by atoms with Crippen LogP contribution >= 0.6 is 0 Å². The molecule has 0 radical (unpaired) electrons. The molecule has 8 nitrogen and oxygen atoms in total. The molecular formula is C27H25F4N3O5. The standard InChI is InChI=1S/C25H24FN3O3.C2HF3O2/c26-18-7-5-17(6-8-18)21(15-25(30)31)22-16-29-23-14-19(9-10-20(22)23)32-13-3-12-28-24-4-1-2-11-27-24;3-2(4,5)1(6)7/h1-2,4-11,14,16,21,29H,3,12-13,15H2,(H,27,28)(H,30,31);(H,6,7). The minimum atomic E-state index is -5.08. The number of nitrogens with one attached hydrogen (secondary N) is 2. The maximum absolute atomic E-state index is 13.3. The van der Waals surface area contributed by atoms with Crippen LogP contribution in [0.5, 0.6) is 5.75 Å². The molecule has 0 spiro atoms. The quantitative estimate of drug-likeness (QED) is 0.146. The Morgan fingerprint density at radius 3 is 2.38 bits per heavy atom. The number of hydrogen-bond acceptors (Lipinski definition) is 5. The number of carbonyl (C=O) groups is 2. The lowest BCUT2D eigenvalue weighted by atomic mass is 9.88. The largest absolute Gasteiger partial charge is 0.493 e. The Kier molecular flexibility index (Phi) is 9.85. The SMILES string of the molecule is O=C(O)C(F)(F)F.O=C(O)CC(c1ccc(F)cc1)c1c[nH]c2cc(OCCCNc3ccccn3)ccc12. The predicted molar refractivity (Wildman–Crippen MR) is 135 cm³/mol. The third-order valence-electron chi connectivity index (χ3n) is 5.52.